The zero-order valence-electron chi connectivity index (χ0n) is 29.2. The van der Waals surface area contributed by atoms with E-state index in [0.717, 1.165) is 0 Å². The van der Waals surface area contributed by atoms with Crippen LogP contribution >= 0.6 is 0 Å². The van der Waals surface area contributed by atoms with E-state index in [1.807, 2.05) is 0 Å². The van der Waals surface area contributed by atoms with Crippen LogP contribution in [0.3, 0.4) is 0 Å². The molecule has 1 aromatic carbocycles. The molecular weight excluding hydrogens is 666 g/mol. The van der Waals surface area contributed by atoms with Gasteiger partial charge in [-0.3, -0.25) is 48.7 Å². The third-order valence-corrected chi connectivity index (χ3v) is 7.59. The van der Waals surface area contributed by atoms with E-state index in [2.05, 4.69) is 36.9 Å². The molecule has 5 atom stereocenters. The number of pyridine rings is 1. The van der Waals surface area contributed by atoms with Gasteiger partial charge >= 0.3 is 0 Å². The number of aromatic nitrogens is 1. The molecule has 0 aliphatic rings. The minimum atomic E-state index is -1.23. The van der Waals surface area contributed by atoms with Gasteiger partial charge in [0.25, 0.3) is 11.6 Å². The molecule has 0 aliphatic heterocycles. The summed E-state index contributed by atoms with van der Waals surface area (Å²) in [6, 6.07) is 2.25. The first-order chi connectivity index (χ1) is 23.9. The zero-order chi connectivity index (χ0) is 38.4. The Bertz CT molecular complexity index is 1580. The van der Waals surface area contributed by atoms with Crippen molar-refractivity contribution in [3.63, 3.8) is 0 Å². The highest BCUT2D eigenvalue weighted by molar-refractivity contribution is 6.00. The fraction of sp³-hybridized carbons (Fsp3) is 0.455. The van der Waals surface area contributed by atoms with Crippen LogP contribution in [0.2, 0.25) is 0 Å². The van der Waals surface area contributed by atoms with Gasteiger partial charge in [0.2, 0.25) is 35.4 Å². The molecule has 2 aromatic rings. The first-order valence-corrected chi connectivity index (χ1v) is 16.2. The second-order valence-electron chi connectivity index (χ2n) is 12.5. The van der Waals surface area contributed by atoms with Crippen molar-refractivity contribution in [3.05, 3.63) is 64.5 Å². The molecule has 1 heterocycles. The van der Waals surface area contributed by atoms with Crippen LogP contribution in [-0.4, -0.2) is 81.5 Å². The van der Waals surface area contributed by atoms with Gasteiger partial charge in [-0.25, -0.2) is 0 Å². The standard InChI is InChI=1S/C33H45N9O9/c1-17(2)26(32(48)37-19(5)28(44)36-20(6)29(45)38-22-7-9-23(10-8-22)42(50)51)41-33(49)27(18(3)4)40-31(47)24(11-12-25(34)43)39-30(46)21-13-15-35-16-14-21/h7-10,13-20,24,26-27H,11-12H2,1-6H3,(H2,34,43)(H,36,44)(H,37,48)(H,38,45)(H,39,46)(H,40,47)(H,41,49)/t19-,20-,24-,26-,27-/m0/s1. The molecule has 276 valence electrons. The lowest BCUT2D eigenvalue weighted by Gasteiger charge is -2.29. The molecule has 0 radical (unpaired) electrons. The Morgan fingerprint density at radius 3 is 1.69 bits per heavy atom. The van der Waals surface area contributed by atoms with E-state index in [1.165, 1.54) is 62.6 Å². The Morgan fingerprint density at radius 2 is 1.18 bits per heavy atom. The average molecular weight is 712 g/mol. The molecular formula is C33H45N9O9. The lowest BCUT2D eigenvalue weighted by Crippen LogP contribution is -2.60. The molecule has 51 heavy (non-hydrogen) atoms. The van der Waals surface area contributed by atoms with E-state index in [0.29, 0.717) is 0 Å². The molecule has 1 aromatic heterocycles. The Hall–Kier alpha value is -5.94. The topological polar surface area (TPSA) is 274 Å². The van der Waals surface area contributed by atoms with Gasteiger partial charge in [0.15, 0.2) is 0 Å². The van der Waals surface area contributed by atoms with E-state index >= 15 is 0 Å². The van der Waals surface area contributed by atoms with Gasteiger partial charge in [0.1, 0.15) is 30.2 Å². The smallest absolute Gasteiger partial charge is 0.269 e. The van der Waals surface area contributed by atoms with Crippen molar-refractivity contribution in [1.82, 2.24) is 31.6 Å². The normalized spacial score (nSPS) is 13.8. The van der Waals surface area contributed by atoms with Gasteiger partial charge in [-0.1, -0.05) is 27.7 Å². The zero-order valence-corrected chi connectivity index (χ0v) is 29.2. The number of nitrogens with one attached hydrogen (secondary N) is 6. The number of hydrogen-bond acceptors (Lipinski definition) is 10. The first kappa shape index (κ1) is 41.2. The number of anilines is 1. The number of nitrogens with two attached hydrogens (primary N) is 1. The van der Waals surface area contributed by atoms with E-state index < -0.39 is 88.3 Å². The predicted octanol–water partition coefficient (Wildman–Crippen LogP) is 0.283. The third-order valence-electron chi connectivity index (χ3n) is 7.59. The number of carbonyl (C=O) groups excluding carboxylic acids is 7. The quantitative estimate of drug-likeness (QED) is 0.0820. The Morgan fingerprint density at radius 1 is 0.686 bits per heavy atom. The van der Waals surface area contributed by atoms with Crippen molar-refractivity contribution < 1.29 is 38.5 Å². The highest BCUT2D eigenvalue weighted by Crippen LogP contribution is 2.15. The highest BCUT2D eigenvalue weighted by Gasteiger charge is 2.33. The summed E-state index contributed by atoms with van der Waals surface area (Å²) >= 11 is 0. The predicted molar refractivity (Wildman–Crippen MR) is 184 cm³/mol. The summed E-state index contributed by atoms with van der Waals surface area (Å²) in [5, 5.41) is 26.2. The number of non-ortho nitro benzene ring substituents is 1. The van der Waals surface area contributed by atoms with Gasteiger partial charge in [-0.2, -0.15) is 0 Å². The van der Waals surface area contributed by atoms with Gasteiger partial charge in [0.05, 0.1) is 4.92 Å². The van der Waals surface area contributed by atoms with E-state index in [4.69, 9.17) is 5.73 Å². The van der Waals surface area contributed by atoms with Crippen LogP contribution in [0.4, 0.5) is 11.4 Å². The summed E-state index contributed by atoms with van der Waals surface area (Å²) in [5.41, 5.74) is 5.60. The van der Waals surface area contributed by atoms with Crippen molar-refractivity contribution >= 4 is 52.7 Å². The molecule has 0 fully saturated rings. The molecule has 18 heteroatoms. The Labute approximate surface area is 294 Å². The summed E-state index contributed by atoms with van der Waals surface area (Å²) in [6.07, 6.45) is 2.43. The fourth-order valence-electron chi connectivity index (χ4n) is 4.56. The highest BCUT2D eigenvalue weighted by atomic mass is 16.6. The number of nitrogens with zero attached hydrogens (tertiary/aromatic N) is 2. The summed E-state index contributed by atoms with van der Waals surface area (Å²) in [5.74, 6) is -5.75. The van der Waals surface area contributed by atoms with Gasteiger partial charge in [0, 0.05) is 42.2 Å². The lowest BCUT2D eigenvalue weighted by atomic mass is 9.98. The van der Waals surface area contributed by atoms with Crippen molar-refractivity contribution in [2.75, 3.05) is 5.32 Å². The largest absolute Gasteiger partial charge is 0.370 e. The van der Waals surface area contributed by atoms with Gasteiger partial charge < -0.3 is 37.6 Å². The van der Waals surface area contributed by atoms with Crippen LogP contribution in [0.5, 0.6) is 0 Å². The number of nitro benzene ring substituents is 1. The average Bonchev–Trinajstić information content (AvgIpc) is 3.07. The maximum Gasteiger partial charge on any atom is 0.269 e. The van der Waals surface area contributed by atoms with Crippen LogP contribution < -0.4 is 37.6 Å². The number of amides is 7. The van der Waals surface area contributed by atoms with Crippen LogP contribution in [0, 0.1) is 22.0 Å². The number of nitro groups is 1. The second kappa shape index (κ2) is 19.3. The molecule has 0 saturated heterocycles. The first-order valence-electron chi connectivity index (χ1n) is 16.2. The molecule has 2 rings (SSSR count). The summed E-state index contributed by atoms with van der Waals surface area (Å²) < 4.78 is 0. The minimum absolute atomic E-state index is 0.140. The molecule has 0 unspecified atom stereocenters. The molecule has 8 N–H and O–H groups in total. The molecule has 0 spiro atoms. The third kappa shape index (κ3) is 13.1. The van der Waals surface area contributed by atoms with Crippen molar-refractivity contribution in [1.29, 1.82) is 0 Å². The van der Waals surface area contributed by atoms with E-state index in [9.17, 15) is 43.7 Å². The molecule has 0 saturated carbocycles. The summed E-state index contributed by atoms with van der Waals surface area (Å²) in [4.78, 5) is 104. The molecule has 18 nitrogen and oxygen atoms in total. The van der Waals surface area contributed by atoms with Crippen molar-refractivity contribution in [3.8, 4) is 0 Å². The monoisotopic (exact) mass is 711 g/mol. The van der Waals surface area contributed by atoms with Crippen LogP contribution in [0.1, 0.15) is 64.7 Å². The number of carbonyl (C=O) groups is 7. The van der Waals surface area contributed by atoms with Crippen molar-refractivity contribution in [2.24, 2.45) is 17.6 Å². The fourth-order valence-corrected chi connectivity index (χ4v) is 4.56. The number of hydrogen-bond donors (Lipinski definition) is 7. The molecule has 0 aliphatic carbocycles. The minimum Gasteiger partial charge on any atom is -0.370 e. The van der Waals surface area contributed by atoms with Crippen LogP contribution in [0.15, 0.2) is 48.8 Å². The van der Waals surface area contributed by atoms with Crippen molar-refractivity contribution in [2.45, 2.75) is 84.6 Å². The Balaban J connectivity index is 2.05. The molecule has 0 bridgehead atoms. The number of benzene rings is 1. The maximum atomic E-state index is 13.5. The number of rotatable bonds is 18. The second-order valence-corrected chi connectivity index (χ2v) is 12.5. The molecule has 7 amide bonds. The SMILES string of the molecule is CC(C)[C@H](NC(=O)[C@H](CCC(N)=O)NC(=O)c1ccncc1)C(=O)N[C@H](C(=O)N[C@@H](C)C(=O)N[C@@H](C)C(=O)Nc1ccc([N+](=O)[O-])cc1)C(C)C. The number of primary amides is 1. The van der Waals surface area contributed by atoms with Gasteiger partial charge in [-0.05, 0) is 56.4 Å². The van der Waals surface area contributed by atoms with E-state index in [-0.39, 0.29) is 29.8 Å². The van der Waals surface area contributed by atoms with Crippen LogP contribution in [0.25, 0.3) is 0 Å². The Kier molecular flexibility index (Phi) is 15.6. The lowest BCUT2D eigenvalue weighted by molar-refractivity contribution is -0.384. The summed E-state index contributed by atoms with van der Waals surface area (Å²) in [7, 11) is 0. The van der Waals surface area contributed by atoms with E-state index in [1.54, 1.807) is 27.7 Å². The maximum absolute atomic E-state index is 13.5. The van der Waals surface area contributed by atoms with Gasteiger partial charge in [-0.15, -0.1) is 0 Å². The van der Waals surface area contributed by atoms with Crippen LogP contribution in [-0.2, 0) is 28.8 Å². The summed E-state index contributed by atoms with van der Waals surface area (Å²) in [6.45, 7) is 9.45.